The molecule has 0 spiro atoms. The second kappa shape index (κ2) is 16.4. The van der Waals surface area contributed by atoms with Crippen LogP contribution >= 0.6 is 0 Å². The maximum absolute atomic E-state index is 12.5. The van der Waals surface area contributed by atoms with Crippen molar-refractivity contribution < 1.29 is 38.6 Å². The first kappa shape index (κ1) is 34.1. The van der Waals surface area contributed by atoms with Gasteiger partial charge in [0, 0.05) is 52.4 Å². The summed E-state index contributed by atoms with van der Waals surface area (Å²) in [6.45, 7) is 13.0. The fourth-order valence-electron chi connectivity index (χ4n) is 4.15. The summed E-state index contributed by atoms with van der Waals surface area (Å²) in [5.41, 5.74) is 0.296. The Balaban J connectivity index is 0.000000369. The molecule has 1 aromatic carbocycles. The summed E-state index contributed by atoms with van der Waals surface area (Å²) < 4.78 is 10.5. The van der Waals surface area contributed by atoms with Gasteiger partial charge in [0.25, 0.3) is 0 Å². The minimum atomic E-state index is -1.17. The van der Waals surface area contributed by atoms with Gasteiger partial charge in [0.05, 0.1) is 0 Å². The predicted octanol–water partition coefficient (Wildman–Crippen LogP) is 1.45. The van der Waals surface area contributed by atoms with Crippen LogP contribution in [0.25, 0.3) is 0 Å². The SMILES string of the molecule is CC(NC(=O)O)C(=O)N1CCNCC1.CC(NC(=O)OC(C)(C)C)C(=O)N1CCN(C(=O)OCc2ccccc2)CC1. The van der Waals surface area contributed by atoms with Gasteiger partial charge in [-0.3, -0.25) is 9.59 Å². The topological polar surface area (TPSA) is 170 Å². The molecule has 2 heterocycles. The van der Waals surface area contributed by atoms with Crippen molar-refractivity contribution in [2.24, 2.45) is 0 Å². The molecule has 0 radical (unpaired) electrons. The second-order valence-corrected chi connectivity index (χ2v) is 11.0. The number of hydrogen-bond donors (Lipinski definition) is 4. The molecule has 2 saturated heterocycles. The average molecular weight is 593 g/mol. The van der Waals surface area contributed by atoms with E-state index in [2.05, 4.69) is 16.0 Å². The molecule has 2 atom stereocenters. The van der Waals surface area contributed by atoms with Crippen LogP contribution in [-0.4, -0.2) is 120 Å². The maximum atomic E-state index is 12.5. The van der Waals surface area contributed by atoms with Crippen molar-refractivity contribution >= 4 is 30.1 Å². The Hall–Kier alpha value is -4.07. The number of carbonyl (C=O) groups is 5. The number of carboxylic acid groups (broad SMARTS) is 1. The molecule has 4 N–H and O–H groups in total. The largest absolute Gasteiger partial charge is 0.465 e. The maximum Gasteiger partial charge on any atom is 0.410 e. The number of alkyl carbamates (subject to hydrolysis) is 1. The standard InChI is InChI=1S/C20H29N3O5.C8H15N3O3/c1-15(21-18(25)28-20(2,3)4)17(24)22-10-12-23(13-11-22)19(26)27-14-16-8-6-5-7-9-16;1-6(10-8(13)14)7(12)11-4-2-9-3-5-11/h5-9,15H,10-14H2,1-4H3,(H,21,25);6,9-10H,2-5H2,1H3,(H,13,14). The van der Waals surface area contributed by atoms with Crippen LogP contribution in [0.5, 0.6) is 0 Å². The minimum Gasteiger partial charge on any atom is -0.465 e. The van der Waals surface area contributed by atoms with Crippen LogP contribution in [0, 0.1) is 0 Å². The Morgan fingerprint density at radius 3 is 1.86 bits per heavy atom. The molecule has 0 bridgehead atoms. The summed E-state index contributed by atoms with van der Waals surface area (Å²) in [5.74, 6) is -0.364. The van der Waals surface area contributed by atoms with Crippen molar-refractivity contribution in [3.63, 3.8) is 0 Å². The predicted molar refractivity (Wildman–Crippen MR) is 154 cm³/mol. The number of rotatable bonds is 6. The Morgan fingerprint density at radius 2 is 1.33 bits per heavy atom. The molecule has 3 rings (SSSR count). The number of benzene rings is 1. The average Bonchev–Trinajstić information content (AvgIpc) is 2.95. The van der Waals surface area contributed by atoms with Crippen molar-refractivity contribution in [2.75, 3.05) is 52.4 Å². The van der Waals surface area contributed by atoms with E-state index < -0.39 is 36.0 Å². The second-order valence-electron chi connectivity index (χ2n) is 11.0. The monoisotopic (exact) mass is 592 g/mol. The zero-order valence-electron chi connectivity index (χ0n) is 25.1. The number of carbonyl (C=O) groups excluding carboxylic acids is 4. The summed E-state index contributed by atoms with van der Waals surface area (Å²) in [6, 6.07) is 8.10. The lowest BCUT2D eigenvalue weighted by molar-refractivity contribution is -0.134. The van der Waals surface area contributed by atoms with Gasteiger partial charge in [-0.05, 0) is 40.2 Å². The lowest BCUT2D eigenvalue weighted by atomic mass is 10.2. The molecule has 2 unspecified atom stereocenters. The molecular formula is C28H44N6O8. The van der Waals surface area contributed by atoms with Gasteiger partial charge in [0.15, 0.2) is 0 Å². The van der Waals surface area contributed by atoms with Crippen LogP contribution < -0.4 is 16.0 Å². The summed E-state index contributed by atoms with van der Waals surface area (Å²) >= 11 is 0. The summed E-state index contributed by atoms with van der Waals surface area (Å²) in [6.07, 6.45) is -2.19. The molecule has 42 heavy (non-hydrogen) atoms. The number of nitrogens with one attached hydrogen (secondary N) is 3. The zero-order chi connectivity index (χ0) is 31.3. The van der Waals surface area contributed by atoms with Gasteiger partial charge in [-0.2, -0.15) is 0 Å². The van der Waals surface area contributed by atoms with Crippen LogP contribution in [-0.2, 0) is 25.7 Å². The summed E-state index contributed by atoms with van der Waals surface area (Å²) in [7, 11) is 0. The summed E-state index contributed by atoms with van der Waals surface area (Å²) in [4.78, 5) is 63.3. The number of nitrogens with zero attached hydrogens (tertiary/aromatic N) is 3. The normalized spacial score (nSPS) is 16.6. The lowest BCUT2D eigenvalue weighted by Gasteiger charge is -2.35. The first-order valence-corrected chi connectivity index (χ1v) is 14.0. The highest BCUT2D eigenvalue weighted by Crippen LogP contribution is 2.10. The van der Waals surface area contributed by atoms with Gasteiger partial charge in [-0.15, -0.1) is 0 Å². The molecule has 14 nitrogen and oxygen atoms in total. The zero-order valence-corrected chi connectivity index (χ0v) is 25.1. The van der Waals surface area contributed by atoms with E-state index in [4.69, 9.17) is 14.6 Å². The van der Waals surface area contributed by atoms with Crippen molar-refractivity contribution in [3.8, 4) is 0 Å². The van der Waals surface area contributed by atoms with E-state index in [1.807, 2.05) is 30.3 Å². The van der Waals surface area contributed by atoms with Crippen LogP contribution in [0.1, 0.15) is 40.2 Å². The lowest BCUT2D eigenvalue weighted by Crippen LogP contribution is -2.55. The molecule has 2 aliphatic rings. The van der Waals surface area contributed by atoms with Crippen LogP contribution in [0.15, 0.2) is 30.3 Å². The quantitative estimate of drug-likeness (QED) is 0.382. The Bertz CT molecular complexity index is 1050. The number of ether oxygens (including phenoxy) is 2. The molecule has 234 valence electrons. The van der Waals surface area contributed by atoms with Crippen molar-refractivity contribution in [2.45, 2.75) is 58.9 Å². The van der Waals surface area contributed by atoms with Gasteiger partial charge in [0.1, 0.15) is 24.3 Å². The van der Waals surface area contributed by atoms with E-state index >= 15 is 0 Å². The fourth-order valence-corrected chi connectivity index (χ4v) is 4.15. The third-order valence-electron chi connectivity index (χ3n) is 6.30. The first-order valence-electron chi connectivity index (χ1n) is 14.0. The minimum absolute atomic E-state index is 0.158. The summed E-state index contributed by atoms with van der Waals surface area (Å²) in [5, 5.41) is 16.2. The first-order chi connectivity index (χ1) is 19.8. The van der Waals surface area contributed by atoms with E-state index in [0.717, 1.165) is 18.7 Å². The fraction of sp³-hybridized carbons (Fsp3) is 0.607. The highest BCUT2D eigenvalue weighted by atomic mass is 16.6. The van der Waals surface area contributed by atoms with Crippen LogP contribution in [0.4, 0.5) is 14.4 Å². The molecule has 2 fully saturated rings. The van der Waals surface area contributed by atoms with E-state index in [1.165, 1.54) is 0 Å². The third-order valence-corrected chi connectivity index (χ3v) is 6.30. The van der Waals surface area contributed by atoms with Crippen LogP contribution in [0.3, 0.4) is 0 Å². The molecule has 5 amide bonds. The number of amides is 5. The highest BCUT2D eigenvalue weighted by Gasteiger charge is 2.29. The van der Waals surface area contributed by atoms with Gasteiger partial charge >= 0.3 is 18.3 Å². The van der Waals surface area contributed by atoms with Crippen molar-refractivity contribution in [1.82, 2.24) is 30.7 Å². The van der Waals surface area contributed by atoms with E-state index in [0.29, 0.717) is 39.3 Å². The number of piperazine rings is 2. The van der Waals surface area contributed by atoms with Gasteiger partial charge < -0.3 is 45.2 Å². The Morgan fingerprint density at radius 1 is 0.833 bits per heavy atom. The van der Waals surface area contributed by atoms with Crippen molar-refractivity contribution in [1.29, 1.82) is 0 Å². The van der Waals surface area contributed by atoms with Crippen molar-refractivity contribution in [3.05, 3.63) is 35.9 Å². The molecule has 0 aromatic heterocycles. The van der Waals surface area contributed by atoms with Crippen LogP contribution in [0.2, 0.25) is 0 Å². The van der Waals surface area contributed by atoms with Gasteiger partial charge in [-0.1, -0.05) is 30.3 Å². The Labute approximate surface area is 246 Å². The highest BCUT2D eigenvalue weighted by molar-refractivity contribution is 5.86. The van der Waals surface area contributed by atoms with E-state index in [9.17, 15) is 24.0 Å². The molecular weight excluding hydrogens is 548 g/mol. The van der Waals surface area contributed by atoms with Gasteiger partial charge in [0.2, 0.25) is 11.8 Å². The molecule has 0 aliphatic carbocycles. The molecule has 2 aliphatic heterocycles. The van der Waals surface area contributed by atoms with E-state index in [-0.39, 0.29) is 18.4 Å². The molecule has 14 heteroatoms. The van der Waals surface area contributed by atoms with Gasteiger partial charge in [-0.25, -0.2) is 14.4 Å². The Kier molecular flexibility index (Phi) is 13.3. The smallest absolute Gasteiger partial charge is 0.410 e. The molecule has 1 aromatic rings. The molecule has 0 saturated carbocycles. The number of hydrogen-bond acceptors (Lipinski definition) is 8. The van der Waals surface area contributed by atoms with E-state index in [1.54, 1.807) is 49.3 Å². The third kappa shape index (κ3) is 12.2.